The Morgan fingerprint density at radius 2 is 1.95 bits per heavy atom. The van der Waals surface area contributed by atoms with Crippen molar-refractivity contribution in [1.29, 1.82) is 0 Å². The monoisotopic (exact) mass is 320 g/mol. The fourth-order valence-electron chi connectivity index (χ4n) is 3.25. The Kier molecular flexibility index (Phi) is 3.01. The molecule has 3 heterocycles. The van der Waals surface area contributed by atoms with Crippen molar-refractivity contribution in [2.24, 2.45) is 11.8 Å². The first-order valence-corrected chi connectivity index (χ1v) is 6.76. The first kappa shape index (κ1) is 15.1. The van der Waals surface area contributed by atoms with Crippen LogP contribution in [0.2, 0.25) is 0 Å². The van der Waals surface area contributed by atoms with Crippen molar-refractivity contribution in [2.75, 3.05) is 0 Å². The number of esters is 2. The van der Waals surface area contributed by atoms with Gasteiger partial charge in [0.2, 0.25) is 0 Å². The number of carboxylic acid groups (broad SMARTS) is 1. The molecule has 3 aliphatic heterocycles. The summed E-state index contributed by atoms with van der Waals surface area (Å²) >= 11 is 0. The summed E-state index contributed by atoms with van der Waals surface area (Å²) in [7, 11) is 0. The van der Waals surface area contributed by atoms with E-state index in [1.54, 1.807) is 0 Å². The van der Waals surface area contributed by atoms with E-state index in [0.29, 0.717) is 6.42 Å². The lowest BCUT2D eigenvalue weighted by molar-refractivity contribution is -0.217. The molecule has 0 aromatic rings. The Bertz CT molecular complexity index is 557. The molecule has 22 heavy (non-hydrogen) atoms. The normalized spacial score (nSPS) is 36.4. The number of fused-ring (bicyclic) bond motifs is 1. The van der Waals surface area contributed by atoms with E-state index in [1.807, 2.05) is 0 Å². The fourth-order valence-corrected chi connectivity index (χ4v) is 3.25. The molecule has 1 N–H and O–H groups in total. The second-order valence-corrected chi connectivity index (χ2v) is 6.21. The Balaban J connectivity index is 1.78. The van der Waals surface area contributed by atoms with Gasteiger partial charge in [-0.2, -0.15) is 8.78 Å². The van der Waals surface area contributed by atoms with Gasteiger partial charge in [-0.15, -0.1) is 0 Å². The molecule has 3 aliphatic rings. The molecule has 0 saturated carbocycles. The molecule has 0 spiro atoms. The molecule has 0 aromatic heterocycles. The molecule has 0 aromatic carbocycles. The van der Waals surface area contributed by atoms with Gasteiger partial charge >= 0.3 is 23.8 Å². The summed E-state index contributed by atoms with van der Waals surface area (Å²) in [6, 6.07) is 0. The van der Waals surface area contributed by atoms with Crippen molar-refractivity contribution < 1.29 is 42.5 Å². The van der Waals surface area contributed by atoms with Crippen LogP contribution in [0, 0.1) is 11.8 Å². The van der Waals surface area contributed by atoms with Gasteiger partial charge in [-0.05, 0) is 13.8 Å². The molecule has 3 rings (SSSR count). The van der Waals surface area contributed by atoms with Gasteiger partial charge in [0.05, 0.1) is 12.0 Å². The van der Waals surface area contributed by atoms with Gasteiger partial charge < -0.3 is 19.3 Å². The van der Waals surface area contributed by atoms with E-state index in [1.165, 1.54) is 0 Å². The number of rotatable bonds is 4. The van der Waals surface area contributed by atoms with E-state index in [0.717, 1.165) is 13.8 Å². The van der Waals surface area contributed by atoms with Crippen LogP contribution >= 0.6 is 0 Å². The summed E-state index contributed by atoms with van der Waals surface area (Å²) in [4.78, 5) is 34.6. The maximum absolute atomic E-state index is 13.6. The topological polar surface area (TPSA) is 99.1 Å². The highest BCUT2D eigenvalue weighted by Gasteiger charge is 2.67. The second-order valence-electron chi connectivity index (χ2n) is 6.21. The molecular formula is C13H14F2O7. The second kappa shape index (κ2) is 4.37. The lowest BCUT2D eigenvalue weighted by Gasteiger charge is -2.32. The maximum Gasteiger partial charge on any atom is 0.380 e. The highest BCUT2D eigenvalue weighted by atomic mass is 19.3. The molecule has 0 amide bonds. The number of carboxylic acids is 1. The van der Waals surface area contributed by atoms with Crippen LogP contribution in [0.4, 0.5) is 8.78 Å². The maximum atomic E-state index is 13.6. The first-order valence-electron chi connectivity index (χ1n) is 6.76. The molecule has 5 unspecified atom stereocenters. The average molecular weight is 320 g/mol. The number of carbonyl (C=O) groups excluding carboxylic acids is 2. The predicted molar refractivity (Wildman–Crippen MR) is 62.9 cm³/mol. The Morgan fingerprint density at radius 3 is 2.55 bits per heavy atom. The minimum absolute atomic E-state index is 0.308. The van der Waals surface area contributed by atoms with Gasteiger partial charge in [-0.3, -0.25) is 9.59 Å². The van der Waals surface area contributed by atoms with E-state index < -0.39 is 59.6 Å². The average Bonchev–Trinajstić information content (AvgIpc) is 2.98. The number of hydrogen-bond acceptors (Lipinski definition) is 6. The van der Waals surface area contributed by atoms with Crippen molar-refractivity contribution in [3.8, 4) is 0 Å². The first-order chi connectivity index (χ1) is 10.1. The smallest absolute Gasteiger partial charge is 0.380 e. The minimum Gasteiger partial charge on any atom is -0.477 e. The van der Waals surface area contributed by atoms with Crippen molar-refractivity contribution in [3.05, 3.63) is 0 Å². The third-order valence-electron chi connectivity index (χ3n) is 4.50. The van der Waals surface area contributed by atoms with Crippen LogP contribution < -0.4 is 0 Å². The molecule has 5 atom stereocenters. The van der Waals surface area contributed by atoms with Gasteiger partial charge in [0, 0.05) is 6.42 Å². The molecular weight excluding hydrogens is 306 g/mol. The zero-order valence-electron chi connectivity index (χ0n) is 11.7. The molecule has 2 bridgehead atoms. The van der Waals surface area contributed by atoms with E-state index in [-0.39, 0.29) is 0 Å². The molecule has 122 valence electrons. The van der Waals surface area contributed by atoms with Gasteiger partial charge in [0.15, 0.2) is 5.60 Å². The molecule has 3 saturated heterocycles. The summed E-state index contributed by atoms with van der Waals surface area (Å²) in [5.74, 6) is -10.2. The van der Waals surface area contributed by atoms with Gasteiger partial charge in [-0.1, -0.05) is 0 Å². The Labute approximate surface area is 123 Å². The third-order valence-corrected chi connectivity index (χ3v) is 4.50. The number of ether oxygens (including phenoxy) is 3. The quantitative estimate of drug-likeness (QED) is 0.746. The zero-order chi connectivity index (χ0) is 16.4. The highest BCUT2D eigenvalue weighted by molar-refractivity contribution is 5.87. The minimum atomic E-state index is -4.26. The van der Waals surface area contributed by atoms with E-state index in [9.17, 15) is 23.2 Å². The highest BCUT2D eigenvalue weighted by Crippen LogP contribution is 2.50. The van der Waals surface area contributed by atoms with Crippen LogP contribution in [-0.2, 0) is 28.6 Å². The zero-order valence-corrected chi connectivity index (χ0v) is 11.7. The van der Waals surface area contributed by atoms with Crippen molar-refractivity contribution in [2.45, 2.75) is 50.1 Å². The van der Waals surface area contributed by atoms with Crippen molar-refractivity contribution >= 4 is 17.9 Å². The Morgan fingerprint density at radius 1 is 1.32 bits per heavy atom. The number of hydrogen-bond donors (Lipinski definition) is 1. The van der Waals surface area contributed by atoms with Crippen LogP contribution in [-0.4, -0.2) is 52.8 Å². The lowest BCUT2D eigenvalue weighted by Crippen LogP contribution is -2.53. The van der Waals surface area contributed by atoms with E-state index in [2.05, 4.69) is 0 Å². The summed E-state index contributed by atoms with van der Waals surface area (Å²) in [6.45, 7) is 1.62. The van der Waals surface area contributed by atoms with Crippen molar-refractivity contribution in [1.82, 2.24) is 0 Å². The Hall–Kier alpha value is -1.77. The van der Waals surface area contributed by atoms with Crippen LogP contribution in [0.3, 0.4) is 0 Å². The molecule has 0 aliphatic carbocycles. The van der Waals surface area contributed by atoms with Crippen LogP contribution in [0.25, 0.3) is 0 Å². The molecule has 9 heteroatoms. The number of halogens is 2. The van der Waals surface area contributed by atoms with Gasteiger partial charge in [-0.25, -0.2) is 4.79 Å². The number of aliphatic carboxylic acids is 1. The van der Waals surface area contributed by atoms with Crippen LogP contribution in [0.1, 0.15) is 20.3 Å². The molecule has 0 radical (unpaired) electrons. The largest absolute Gasteiger partial charge is 0.477 e. The van der Waals surface area contributed by atoms with Crippen LogP contribution in [0.5, 0.6) is 0 Å². The van der Waals surface area contributed by atoms with Gasteiger partial charge in [0.1, 0.15) is 18.1 Å². The molecule has 3 fully saturated rings. The summed E-state index contributed by atoms with van der Waals surface area (Å²) in [5.41, 5.74) is -2.56. The fraction of sp³-hybridized carbons (Fsp3) is 0.769. The van der Waals surface area contributed by atoms with Crippen LogP contribution in [0.15, 0.2) is 0 Å². The van der Waals surface area contributed by atoms with E-state index in [4.69, 9.17) is 19.3 Å². The summed E-state index contributed by atoms with van der Waals surface area (Å²) in [6.07, 6.45) is -1.28. The standard InChI is InChI=1S/C13H14F2O7/c1-12(2,13(14,15)11(18)19)22-10(17)6-4-3-5-8(20-4)7(6)9(16)21-5/h4-8H,3H2,1-2H3,(H,18,19). The van der Waals surface area contributed by atoms with Gasteiger partial charge in [0.25, 0.3) is 0 Å². The predicted octanol–water partition coefficient (Wildman–Crippen LogP) is 0.357. The SMILES string of the molecule is CC(C)(OC(=O)C1C2CC3OC(=O)C1C3O2)C(F)(F)C(=O)O. The number of alkyl halides is 2. The lowest BCUT2D eigenvalue weighted by atomic mass is 9.80. The number of carbonyl (C=O) groups is 3. The van der Waals surface area contributed by atoms with E-state index >= 15 is 0 Å². The summed E-state index contributed by atoms with van der Waals surface area (Å²) < 4.78 is 42.5. The van der Waals surface area contributed by atoms with Crippen molar-refractivity contribution in [3.63, 3.8) is 0 Å². The third kappa shape index (κ3) is 1.84. The summed E-state index contributed by atoms with van der Waals surface area (Å²) in [5, 5.41) is 8.57. The molecule has 7 nitrogen and oxygen atoms in total.